The largest absolute Gasteiger partial charge is 0.497 e. The van der Waals surface area contributed by atoms with Crippen molar-refractivity contribution >= 4 is 15.7 Å². The molecule has 1 amide bonds. The molecule has 1 aliphatic heterocycles. The van der Waals surface area contributed by atoms with Gasteiger partial charge in [-0.2, -0.15) is 4.98 Å². The highest BCUT2D eigenvalue weighted by Gasteiger charge is 2.20. The minimum Gasteiger partial charge on any atom is -0.497 e. The second-order valence-corrected chi connectivity index (χ2v) is 9.65. The molecule has 10 heteroatoms. The van der Waals surface area contributed by atoms with Gasteiger partial charge in [-0.15, -0.1) is 0 Å². The van der Waals surface area contributed by atoms with E-state index in [0.29, 0.717) is 12.3 Å². The van der Waals surface area contributed by atoms with Crippen LogP contribution in [0.1, 0.15) is 36.3 Å². The highest BCUT2D eigenvalue weighted by Crippen LogP contribution is 2.17. The Morgan fingerprint density at radius 1 is 1.27 bits per heavy atom. The van der Waals surface area contributed by atoms with Gasteiger partial charge in [0, 0.05) is 19.5 Å². The molecule has 0 atom stereocenters. The lowest BCUT2D eigenvalue weighted by Crippen LogP contribution is -2.39. The van der Waals surface area contributed by atoms with Crippen LogP contribution in [0.25, 0.3) is 0 Å². The van der Waals surface area contributed by atoms with E-state index in [2.05, 4.69) is 27.3 Å². The molecule has 0 saturated carbocycles. The van der Waals surface area contributed by atoms with Crippen molar-refractivity contribution in [2.24, 2.45) is 5.92 Å². The van der Waals surface area contributed by atoms with E-state index in [1.165, 1.54) is 32.1 Å². The number of rotatable bonds is 9. The van der Waals surface area contributed by atoms with E-state index in [1.54, 1.807) is 12.1 Å². The third-order valence-corrected chi connectivity index (χ3v) is 7.00. The van der Waals surface area contributed by atoms with E-state index in [0.717, 1.165) is 25.6 Å². The number of hydrogen-bond acceptors (Lipinski definition) is 8. The van der Waals surface area contributed by atoms with Crippen molar-refractivity contribution in [3.05, 3.63) is 36.0 Å². The Morgan fingerprint density at radius 3 is 2.63 bits per heavy atom. The lowest BCUT2D eigenvalue weighted by Gasteiger charge is -2.29. The monoisotopic (exact) mass is 436 g/mol. The summed E-state index contributed by atoms with van der Waals surface area (Å²) in [6.07, 6.45) is 2.41. The fourth-order valence-corrected chi connectivity index (χ4v) is 4.50. The summed E-state index contributed by atoms with van der Waals surface area (Å²) >= 11 is 0. The number of carbonyl (C=O) groups is 1. The van der Waals surface area contributed by atoms with Crippen molar-refractivity contribution in [3.63, 3.8) is 0 Å². The molecular formula is C20H28N4O5S. The fourth-order valence-electron chi connectivity index (χ4n) is 3.26. The minimum absolute atomic E-state index is 0.0527. The molecule has 2 heterocycles. The van der Waals surface area contributed by atoms with E-state index in [9.17, 15) is 13.2 Å². The molecular weight excluding hydrogens is 408 g/mol. The molecule has 2 aromatic rings. The molecule has 0 unspecified atom stereocenters. The Morgan fingerprint density at radius 2 is 1.97 bits per heavy atom. The molecule has 3 rings (SSSR count). The quantitative estimate of drug-likeness (QED) is 0.630. The number of benzene rings is 1. The molecule has 1 N–H and O–H groups in total. The maximum absolute atomic E-state index is 12.4. The standard InChI is InChI=1S/C20H28N4O5S/c1-15-7-11-24(12-8-15)13-10-21-19(25)20-22-18(23-29-20)9-14-30(26,27)17-5-3-16(28-2)4-6-17/h3-6,15H,7-14H2,1-2H3,(H,21,25). The minimum atomic E-state index is -3.51. The zero-order chi connectivity index (χ0) is 21.6. The first kappa shape index (κ1) is 22.2. The van der Waals surface area contributed by atoms with Crippen LogP contribution in [0.2, 0.25) is 0 Å². The summed E-state index contributed by atoms with van der Waals surface area (Å²) in [6, 6.07) is 6.17. The molecule has 1 aromatic heterocycles. The van der Waals surface area contributed by atoms with Crippen molar-refractivity contribution in [2.75, 3.05) is 39.0 Å². The maximum atomic E-state index is 12.4. The molecule has 0 aliphatic carbocycles. The Balaban J connectivity index is 1.46. The van der Waals surface area contributed by atoms with Crippen molar-refractivity contribution in [1.29, 1.82) is 0 Å². The summed E-state index contributed by atoms with van der Waals surface area (Å²) in [5, 5.41) is 6.50. The molecule has 164 valence electrons. The van der Waals surface area contributed by atoms with E-state index in [-0.39, 0.29) is 28.8 Å². The summed E-state index contributed by atoms with van der Waals surface area (Å²) in [7, 11) is -1.99. The average molecular weight is 437 g/mol. The van der Waals surface area contributed by atoms with Crippen molar-refractivity contribution in [1.82, 2.24) is 20.4 Å². The molecule has 1 aliphatic rings. The number of nitrogens with zero attached hydrogens (tertiary/aromatic N) is 3. The van der Waals surface area contributed by atoms with Crippen LogP contribution >= 0.6 is 0 Å². The van der Waals surface area contributed by atoms with Crippen molar-refractivity contribution in [2.45, 2.75) is 31.1 Å². The van der Waals surface area contributed by atoms with Crippen LogP contribution in [0, 0.1) is 5.92 Å². The molecule has 1 fully saturated rings. The topological polar surface area (TPSA) is 115 Å². The molecule has 1 aromatic carbocycles. The van der Waals surface area contributed by atoms with Crippen LogP contribution in [0.15, 0.2) is 33.7 Å². The molecule has 1 saturated heterocycles. The Labute approximate surface area is 176 Å². The van der Waals surface area contributed by atoms with Gasteiger partial charge in [-0.25, -0.2) is 8.42 Å². The Bertz CT molecular complexity index is 934. The van der Waals surface area contributed by atoms with Crippen LogP contribution in [0.5, 0.6) is 5.75 Å². The van der Waals surface area contributed by atoms with Gasteiger partial charge in [0.1, 0.15) is 5.75 Å². The number of sulfone groups is 1. The van der Waals surface area contributed by atoms with Gasteiger partial charge in [-0.1, -0.05) is 12.1 Å². The third-order valence-electron chi connectivity index (χ3n) is 5.27. The molecule has 9 nitrogen and oxygen atoms in total. The van der Waals surface area contributed by atoms with E-state index < -0.39 is 15.7 Å². The average Bonchev–Trinajstić information content (AvgIpc) is 3.23. The Kier molecular flexibility index (Phi) is 7.43. The summed E-state index contributed by atoms with van der Waals surface area (Å²) in [4.78, 5) is 18.7. The van der Waals surface area contributed by atoms with Gasteiger partial charge in [0.25, 0.3) is 0 Å². The lowest BCUT2D eigenvalue weighted by molar-refractivity contribution is 0.0901. The fraction of sp³-hybridized carbons (Fsp3) is 0.550. The second-order valence-electron chi connectivity index (χ2n) is 7.54. The first-order valence-corrected chi connectivity index (χ1v) is 11.7. The second kappa shape index (κ2) is 10.0. The van der Waals surface area contributed by atoms with Crippen molar-refractivity contribution < 1.29 is 22.5 Å². The van der Waals surface area contributed by atoms with Gasteiger partial charge in [0.05, 0.1) is 17.8 Å². The highest BCUT2D eigenvalue weighted by molar-refractivity contribution is 7.91. The number of aryl methyl sites for hydroxylation is 1. The zero-order valence-electron chi connectivity index (χ0n) is 17.3. The van der Waals surface area contributed by atoms with Gasteiger partial charge < -0.3 is 19.5 Å². The first-order chi connectivity index (χ1) is 14.4. The molecule has 0 bridgehead atoms. The lowest BCUT2D eigenvalue weighted by atomic mass is 9.99. The van der Waals surface area contributed by atoms with Gasteiger partial charge in [-0.05, 0) is 56.1 Å². The third kappa shape index (κ3) is 6.02. The normalized spacial score (nSPS) is 15.8. The summed E-state index contributed by atoms with van der Waals surface area (Å²) in [5.41, 5.74) is 0. The van der Waals surface area contributed by atoms with Crippen LogP contribution in [-0.4, -0.2) is 68.4 Å². The summed E-state index contributed by atoms with van der Waals surface area (Å²) in [5.74, 6) is 0.741. The number of methoxy groups -OCH3 is 1. The number of nitrogens with one attached hydrogen (secondary N) is 1. The van der Waals surface area contributed by atoms with Crippen LogP contribution in [-0.2, 0) is 16.3 Å². The van der Waals surface area contributed by atoms with Gasteiger partial charge in [-0.3, -0.25) is 4.79 Å². The van der Waals surface area contributed by atoms with Gasteiger partial charge in [0.15, 0.2) is 15.7 Å². The number of hydrogen-bond donors (Lipinski definition) is 1. The number of piperidine rings is 1. The Hall–Kier alpha value is -2.46. The van der Waals surface area contributed by atoms with Crippen molar-refractivity contribution in [3.8, 4) is 5.75 Å². The summed E-state index contributed by atoms with van der Waals surface area (Å²) < 4.78 is 34.9. The molecule has 0 spiro atoms. The smallest absolute Gasteiger partial charge is 0.315 e. The number of aromatic nitrogens is 2. The molecule has 30 heavy (non-hydrogen) atoms. The number of ether oxygens (including phenoxy) is 1. The predicted octanol–water partition coefficient (Wildman–Crippen LogP) is 1.56. The van der Waals surface area contributed by atoms with Gasteiger partial charge in [0.2, 0.25) is 0 Å². The number of likely N-dealkylation sites (tertiary alicyclic amines) is 1. The maximum Gasteiger partial charge on any atom is 0.315 e. The van der Waals surface area contributed by atoms with E-state index >= 15 is 0 Å². The number of amides is 1. The van der Waals surface area contributed by atoms with E-state index in [1.807, 2.05) is 0 Å². The van der Waals surface area contributed by atoms with Crippen LogP contribution in [0.3, 0.4) is 0 Å². The number of carbonyl (C=O) groups excluding carboxylic acids is 1. The van der Waals surface area contributed by atoms with E-state index in [4.69, 9.17) is 9.26 Å². The van der Waals surface area contributed by atoms with Crippen LogP contribution < -0.4 is 10.1 Å². The summed E-state index contributed by atoms with van der Waals surface area (Å²) in [6.45, 7) is 5.62. The molecule has 0 radical (unpaired) electrons. The first-order valence-electron chi connectivity index (χ1n) is 10.1. The van der Waals surface area contributed by atoms with Gasteiger partial charge >= 0.3 is 11.8 Å². The predicted molar refractivity (Wildman–Crippen MR) is 110 cm³/mol. The zero-order valence-corrected chi connectivity index (χ0v) is 18.2. The SMILES string of the molecule is COc1ccc(S(=O)(=O)CCc2noc(C(=O)NCCN3CCC(C)CC3)n2)cc1. The van der Waals surface area contributed by atoms with Crippen LogP contribution in [0.4, 0.5) is 0 Å². The highest BCUT2D eigenvalue weighted by atomic mass is 32.2.